The van der Waals surface area contributed by atoms with Crippen LogP contribution in [-0.4, -0.2) is 66.5 Å². The average molecular weight is 541 g/mol. The minimum atomic E-state index is -0.916. The van der Waals surface area contributed by atoms with E-state index in [0.717, 1.165) is 21.4 Å². The second kappa shape index (κ2) is 11.0. The lowest BCUT2D eigenvalue weighted by molar-refractivity contribution is -0.135. The Labute approximate surface area is 230 Å². The van der Waals surface area contributed by atoms with E-state index in [0.29, 0.717) is 37.7 Å². The van der Waals surface area contributed by atoms with Gasteiger partial charge in [0.1, 0.15) is 18.3 Å². The van der Waals surface area contributed by atoms with Crippen LogP contribution in [0, 0.1) is 0 Å². The molecule has 8 nitrogen and oxygen atoms in total. The molecule has 1 saturated heterocycles. The fourth-order valence-electron chi connectivity index (χ4n) is 5.07. The predicted molar refractivity (Wildman–Crippen MR) is 151 cm³/mol. The highest BCUT2D eigenvalue weighted by atomic mass is 32.2. The number of hydrogen-bond donors (Lipinski definition) is 2. The largest absolute Gasteiger partial charge is 0.378 e. The van der Waals surface area contributed by atoms with Crippen LogP contribution in [-0.2, 0) is 14.3 Å². The molecule has 3 aromatic carbocycles. The molecular weight excluding hydrogens is 512 g/mol. The van der Waals surface area contributed by atoms with Crippen molar-refractivity contribution in [3.63, 3.8) is 0 Å². The smallest absolute Gasteiger partial charge is 0.268 e. The number of carbonyl (C=O) groups is 3. The van der Waals surface area contributed by atoms with Gasteiger partial charge in [0.2, 0.25) is 5.91 Å². The molecule has 0 spiro atoms. The summed E-state index contributed by atoms with van der Waals surface area (Å²) < 4.78 is 5.40. The number of nitrogens with zero attached hydrogens (tertiary/aromatic N) is 2. The maximum Gasteiger partial charge on any atom is 0.268 e. The van der Waals surface area contributed by atoms with Crippen LogP contribution in [0.25, 0.3) is 10.9 Å². The summed E-state index contributed by atoms with van der Waals surface area (Å²) in [6.07, 6.45) is 0. The molecule has 4 aromatic rings. The zero-order valence-electron chi connectivity index (χ0n) is 21.2. The first-order valence-corrected chi connectivity index (χ1v) is 13.8. The minimum absolute atomic E-state index is 0.114. The number of anilines is 1. The number of hydrogen-bond acceptors (Lipinski definition) is 5. The number of thioether (sulfide) groups is 1. The van der Waals surface area contributed by atoms with E-state index in [9.17, 15) is 14.4 Å². The van der Waals surface area contributed by atoms with Gasteiger partial charge >= 0.3 is 0 Å². The van der Waals surface area contributed by atoms with Crippen molar-refractivity contribution < 1.29 is 19.1 Å². The number of aromatic nitrogens is 1. The van der Waals surface area contributed by atoms with Gasteiger partial charge in [-0.1, -0.05) is 60.7 Å². The molecule has 2 atom stereocenters. The lowest BCUT2D eigenvalue weighted by Gasteiger charge is -2.31. The van der Waals surface area contributed by atoms with E-state index >= 15 is 0 Å². The highest BCUT2D eigenvalue weighted by molar-refractivity contribution is 7.99. The van der Waals surface area contributed by atoms with Gasteiger partial charge in [0.15, 0.2) is 0 Å². The first kappa shape index (κ1) is 25.2. The number of morpholine rings is 1. The van der Waals surface area contributed by atoms with E-state index in [1.807, 2.05) is 78.9 Å². The number of H-pyrrole nitrogens is 1. The van der Waals surface area contributed by atoms with Crippen molar-refractivity contribution >= 4 is 46.1 Å². The molecule has 2 N–H and O–H groups in total. The number of aromatic amines is 1. The molecule has 3 amide bonds. The summed E-state index contributed by atoms with van der Waals surface area (Å²) in [7, 11) is 0. The average Bonchev–Trinajstić information content (AvgIpc) is 3.39. The quantitative estimate of drug-likeness (QED) is 0.399. The molecule has 0 radical (unpaired) electrons. The van der Waals surface area contributed by atoms with Gasteiger partial charge in [0.25, 0.3) is 11.8 Å². The van der Waals surface area contributed by atoms with Crippen LogP contribution in [0.4, 0.5) is 5.69 Å². The molecule has 3 heterocycles. The predicted octanol–water partition coefficient (Wildman–Crippen LogP) is 4.01. The zero-order chi connectivity index (χ0) is 26.8. The highest BCUT2D eigenvalue weighted by Gasteiger charge is 2.40. The summed E-state index contributed by atoms with van der Waals surface area (Å²) in [6, 6.07) is 25.8. The molecular formula is C30H28N4O4S. The zero-order valence-corrected chi connectivity index (χ0v) is 22.0. The third kappa shape index (κ3) is 5.15. The number of para-hydroxylation sites is 2. The number of ether oxygens (including phenoxy) is 1. The third-order valence-electron chi connectivity index (χ3n) is 7.09. The third-order valence-corrected chi connectivity index (χ3v) is 8.49. The minimum Gasteiger partial charge on any atom is -0.378 e. The molecule has 9 heteroatoms. The van der Waals surface area contributed by atoms with Crippen molar-refractivity contribution in [2.24, 2.45) is 0 Å². The lowest BCUT2D eigenvalue weighted by atomic mass is 10.0. The molecule has 0 aliphatic carbocycles. The van der Waals surface area contributed by atoms with Crippen molar-refractivity contribution in [2.45, 2.75) is 16.2 Å². The molecule has 0 saturated carbocycles. The number of benzene rings is 3. The number of carbonyl (C=O) groups excluding carboxylic acids is 3. The summed E-state index contributed by atoms with van der Waals surface area (Å²) in [5.74, 6) is -0.853. The van der Waals surface area contributed by atoms with Crippen molar-refractivity contribution in [3.8, 4) is 0 Å². The Hall–Kier alpha value is -4.08. The standard InChI is InChI=1S/C30H28N4O4S/c35-26(33-14-16-38-17-15-33)19-34-24-12-6-7-13-25(24)39-28(20-8-2-1-3-9-20)27(30(34)37)32-29(36)23-18-21-10-4-5-11-22(21)31-23/h1-13,18,27-28,31H,14-17,19H2,(H,32,36). The van der Waals surface area contributed by atoms with Crippen LogP contribution in [0.15, 0.2) is 89.8 Å². The van der Waals surface area contributed by atoms with Crippen LogP contribution in [0.3, 0.4) is 0 Å². The molecule has 2 aliphatic heterocycles. The number of rotatable bonds is 5. The van der Waals surface area contributed by atoms with Gasteiger partial charge in [-0.05, 0) is 29.8 Å². The Kier molecular flexibility index (Phi) is 7.08. The van der Waals surface area contributed by atoms with Crippen molar-refractivity contribution in [3.05, 3.63) is 96.2 Å². The fourth-order valence-corrected chi connectivity index (χ4v) is 6.41. The Balaban J connectivity index is 1.37. The number of fused-ring (bicyclic) bond motifs is 2. The topological polar surface area (TPSA) is 94.7 Å². The van der Waals surface area contributed by atoms with E-state index < -0.39 is 11.3 Å². The van der Waals surface area contributed by atoms with E-state index in [1.165, 1.54) is 16.7 Å². The molecule has 1 aromatic heterocycles. The van der Waals surface area contributed by atoms with Gasteiger partial charge in [0, 0.05) is 28.9 Å². The van der Waals surface area contributed by atoms with Gasteiger partial charge in [-0.25, -0.2) is 0 Å². The maximum atomic E-state index is 14.3. The molecule has 2 unspecified atom stereocenters. The highest BCUT2D eigenvalue weighted by Crippen LogP contribution is 2.45. The number of amides is 3. The summed E-state index contributed by atoms with van der Waals surface area (Å²) >= 11 is 1.52. The monoisotopic (exact) mass is 540 g/mol. The molecule has 1 fully saturated rings. The fraction of sp³-hybridized carbons (Fsp3) is 0.233. The van der Waals surface area contributed by atoms with E-state index in [1.54, 1.807) is 11.0 Å². The van der Waals surface area contributed by atoms with Gasteiger partial charge in [-0.2, -0.15) is 0 Å². The van der Waals surface area contributed by atoms with E-state index in [2.05, 4.69) is 10.3 Å². The summed E-state index contributed by atoms with van der Waals surface area (Å²) in [4.78, 5) is 48.5. The lowest BCUT2D eigenvalue weighted by Crippen LogP contribution is -2.53. The molecule has 2 aliphatic rings. The Morgan fingerprint density at radius 3 is 2.46 bits per heavy atom. The van der Waals surface area contributed by atoms with Crippen molar-refractivity contribution in [1.82, 2.24) is 15.2 Å². The van der Waals surface area contributed by atoms with Crippen molar-refractivity contribution in [1.29, 1.82) is 0 Å². The normalized spacial score (nSPS) is 19.4. The molecule has 39 heavy (non-hydrogen) atoms. The summed E-state index contributed by atoms with van der Waals surface area (Å²) in [5, 5.41) is 3.53. The maximum absolute atomic E-state index is 14.3. The van der Waals surface area contributed by atoms with E-state index in [4.69, 9.17) is 4.74 Å². The van der Waals surface area contributed by atoms with Gasteiger partial charge < -0.3 is 24.8 Å². The Morgan fingerprint density at radius 1 is 0.949 bits per heavy atom. The van der Waals surface area contributed by atoms with Crippen molar-refractivity contribution in [2.75, 3.05) is 37.7 Å². The van der Waals surface area contributed by atoms with Crippen LogP contribution < -0.4 is 10.2 Å². The van der Waals surface area contributed by atoms with E-state index in [-0.39, 0.29) is 24.3 Å². The molecule has 198 valence electrons. The van der Waals surface area contributed by atoms with Gasteiger partial charge in [-0.3, -0.25) is 14.4 Å². The first-order valence-electron chi connectivity index (χ1n) is 12.9. The Bertz CT molecular complexity index is 1480. The Morgan fingerprint density at radius 2 is 1.67 bits per heavy atom. The summed E-state index contributed by atoms with van der Waals surface area (Å²) in [5.41, 5.74) is 2.79. The second-order valence-electron chi connectivity index (χ2n) is 9.56. The summed E-state index contributed by atoms with van der Waals surface area (Å²) in [6.45, 7) is 1.82. The van der Waals surface area contributed by atoms with Crippen LogP contribution in [0.1, 0.15) is 21.3 Å². The first-order chi connectivity index (χ1) is 19.1. The second-order valence-corrected chi connectivity index (χ2v) is 10.7. The van der Waals surface area contributed by atoms with Gasteiger partial charge in [0.05, 0.1) is 24.2 Å². The van der Waals surface area contributed by atoms with Crippen LogP contribution >= 0.6 is 11.8 Å². The SMILES string of the molecule is O=C(NC1C(=O)N(CC(=O)N2CCOCC2)c2ccccc2SC1c1ccccc1)c1cc2ccccc2[nH]1. The molecule has 6 rings (SSSR count). The molecule has 0 bridgehead atoms. The van der Waals surface area contributed by atoms with Gasteiger partial charge in [-0.15, -0.1) is 11.8 Å². The number of nitrogens with one attached hydrogen (secondary N) is 2. The van der Waals surface area contributed by atoms with Crippen LogP contribution in [0.2, 0.25) is 0 Å². The van der Waals surface area contributed by atoms with Crippen LogP contribution in [0.5, 0.6) is 0 Å².